The predicted octanol–water partition coefficient (Wildman–Crippen LogP) is 2.44. The Bertz CT molecular complexity index is 1230. The third kappa shape index (κ3) is 1.98. The third-order valence-corrected chi connectivity index (χ3v) is 4.75. The van der Waals surface area contributed by atoms with Crippen molar-refractivity contribution in [3.63, 3.8) is 0 Å². The van der Waals surface area contributed by atoms with Gasteiger partial charge in [-0.05, 0) is 18.2 Å². The minimum absolute atomic E-state index is 0.187. The fourth-order valence-corrected chi connectivity index (χ4v) is 3.60. The molecule has 0 N–H and O–H groups in total. The minimum atomic E-state index is -0.218. The number of ether oxygens (including phenoxy) is 2. The standard InChI is InChI=1S/C17H12N2O4S/c1-22-13-7-10-12(8-14(13)23-2)19-15(20)9-5-3-4-6-11(9)18-17(19)24-16(10)21/h3-8H,1-2H3. The zero-order valence-corrected chi connectivity index (χ0v) is 13.7. The summed E-state index contributed by atoms with van der Waals surface area (Å²) in [6.07, 6.45) is 0. The molecule has 7 heteroatoms. The third-order valence-electron chi connectivity index (χ3n) is 3.89. The average Bonchev–Trinajstić information content (AvgIpc) is 2.60. The summed E-state index contributed by atoms with van der Waals surface area (Å²) >= 11 is 0.933. The van der Waals surface area contributed by atoms with Crippen LogP contribution in [0.2, 0.25) is 0 Å². The molecule has 120 valence electrons. The molecule has 0 fully saturated rings. The van der Waals surface area contributed by atoms with Crippen LogP contribution in [0.3, 0.4) is 0 Å². The Morgan fingerprint density at radius 1 is 1.00 bits per heavy atom. The summed E-state index contributed by atoms with van der Waals surface area (Å²) in [4.78, 5) is 30.2. The molecule has 2 heterocycles. The maximum absolute atomic E-state index is 12.9. The summed E-state index contributed by atoms with van der Waals surface area (Å²) in [6.45, 7) is 0. The van der Waals surface area contributed by atoms with Gasteiger partial charge in [-0.2, -0.15) is 0 Å². The van der Waals surface area contributed by atoms with E-state index in [4.69, 9.17) is 9.47 Å². The lowest BCUT2D eigenvalue weighted by Crippen LogP contribution is -2.17. The lowest BCUT2D eigenvalue weighted by Gasteiger charge is -2.11. The topological polar surface area (TPSA) is 69.9 Å². The fourth-order valence-electron chi connectivity index (χ4n) is 2.75. The molecule has 0 amide bonds. The lowest BCUT2D eigenvalue weighted by atomic mass is 10.2. The first-order valence-corrected chi connectivity index (χ1v) is 7.96. The van der Waals surface area contributed by atoms with Crippen molar-refractivity contribution >= 4 is 38.1 Å². The van der Waals surface area contributed by atoms with Crippen molar-refractivity contribution in [2.45, 2.75) is 0 Å². The summed E-state index contributed by atoms with van der Waals surface area (Å²) in [5.41, 5.74) is 0.802. The first kappa shape index (κ1) is 14.6. The zero-order valence-electron chi connectivity index (χ0n) is 12.9. The number of hydrogen-bond acceptors (Lipinski definition) is 6. The second-order valence-electron chi connectivity index (χ2n) is 5.17. The molecule has 0 aliphatic rings. The Balaban J connectivity index is 2.30. The molecule has 0 radical (unpaired) electrons. The number of benzene rings is 2. The Hall–Kier alpha value is -2.93. The molecule has 0 spiro atoms. The summed E-state index contributed by atoms with van der Waals surface area (Å²) in [6, 6.07) is 10.3. The van der Waals surface area contributed by atoms with Crippen LogP contribution in [-0.2, 0) is 0 Å². The molecule has 0 aliphatic carbocycles. The number of rotatable bonds is 2. The molecule has 0 saturated heterocycles. The van der Waals surface area contributed by atoms with Gasteiger partial charge in [0.2, 0.25) is 9.70 Å². The molecule has 4 aromatic rings. The Morgan fingerprint density at radius 3 is 2.46 bits per heavy atom. The van der Waals surface area contributed by atoms with Gasteiger partial charge in [0, 0.05) is 6.07 Å². The highest BCUT2D eigenvalue weighted by Crippen LogP contribution is 2.31. The van der Waals surface area contributed by atoms with Crippen molar-refractivity contribution < 1.29 is 9.47 Å². The Morgan fingerprint density at radius 2 is 1.71 bits per heavy atom. The number of hydrogen-bond donors (Lipinski definition) is 0. The normalized spacial score (nSPS) is 11.2. The van der Waals surface area contributed by atoms with E-state index in [0.29, 0.717) is 38.3 Å². The highest BCUT2D eigenvalue weighted by molar-refractivity contribution is 7.15. The van der Waals surface area contributed by atoms with E-state index in [1.165, 1.54) is 18.6 Å². The number of nitrogens with zero attached hydrogens (tertiary/aromatic N) is 2. The van der Waals surface area contributed by atoms with E-state index in [1.54, 1.807) is 30.3 Å². The number of para-hydroxylation sites is 1. The fraction of sp³-hybridized carbons (Fsp3) is 0.118. The van der Waals surface area contributed by atoms with Crippen molar-refractivity contribution in [2.75, 3.05) is 14.2 Å². The Labute approximate surface area is 139 Å². The van der Waals surface area contributed by atoms with Crippen molar-refractivity contribution in [2.24, 2.45) is 0 Å². The van der Waals surface area contributed by atoms with Crippen LogP contribution < -0.4 is 19.8 Å². The molecule has 0 saturated carbocycles. The molecular formula is C17H12N2O4S. The maximum atomic E-state index is 12.9. The van der Waals surface area contributed by atoms with Crippen LogP contribution in [0.4, 0.5) is 0 Å². The number of aromatic nitrogens is 2. The van der Waals surface area contributed by atoms with Crippen LogP contribution in [-0.4, -0.2) is 23.6 Å². The molecule has 0 atom stereocenters. The van der Waals surface area contributed by atoms with Gasteiger partial charge in [-0.15, -0.1) is 0 Å². The first-order valence-electron chi connectivity index (χ1n) is 7.14. The van der Waals surface area contributed by atoms with Crippen LogP contribution in [0.1, 0.15) is 0 Å². The predicted molar refractivity (Wildman–Crippen MR) is 93.7 cm³/mol. The Kier molecular flexibility index (Phi) is 3.24. The summed E-state index contributed by atoms with van der Waals surface area (Å²) in [5, 5.41) is 0.890. The quantitative estimate of drug-likeness (QED) is 0.414. The monoisotopic (exact) mass is 340 g/mol. The van der Waals surface area contributed by atoms with Crippen molar-refractivity contribution in [1.82, 2.24) is 9.38 Å². The van der Waals surface area contributed by atoms with Crippen LogP contribution in [0.25, 0.3) is 26.8 Å². The van der Waals surface area contributed by atoms with Gasteiger partial charge in [0.1, 0.15) is 0 Å². The molecule has 0 unspecified atom stereocenters. The second kappa shape index (κ2) is 5.31. The highest BCUT2D eigenvalue weighted by atomic mass is 32.1. The van der Waals surface area contributed by atoms with Gasteiger partial charge in [0.05, 0.1) is 36.0 Å². The van der Waals surface area contributed by atoms with Crippen LogP contribution in [0.15, 0.2) is 46.0 Å². The molecule has 2 aromatic carbocycles. The largest absolute Gasteiger partial charge is 0.493 e. The maximum Gasteiger partial charge on any atom is 0.266 e. The second-order valence-corrected chi connectivity index (χ2v) is 6.11. The lowest BCUT2D eigenvalue weighted by molar-refractivity contribution is 0.355. The molecule has 6 nitrogen and oxygen atoms in total. The minimum Gasteiger partial charge on any atom is -0.493 e. The van der Waals surface area contributed by atoms with Crippen LogP contribution in [0, 0.1) is 0 Å². The van der Waals surface area contributed by atoms with E-state index < -0.39 is 0 Å². The van der Waals surface area contributed by atoms with E-state index in [1.807, 2.05) is 6.07 Å². The van der Waals surface area contributed by atoms with Gasteiger partial charge < -0.3 is 9.47 Å². The zero-order chi connectivity index (χ0) is 16.8. The first-order chi connectivity index (χ1) is 11.6. The van der Waals surface area contributed by atoms with Crippen molar-refractivity contribution in [3.8, 4) is 11.5 Å². The van der Waals surface area contributed by atoms with Crippen LogP contribution in [0.5, 0.6) is 11.5 Å². The van der Waals surface area contributed by atoms with E-state index in [2.05, 4.69) is 4.98 Å². The van der Waals surface area contributed by atoms with Gasteiger partial charge in [-0.1, -0.05) is 23.5 Å². The van der Waals surface area contributed by atoms with E-state index in [9.17, 15) is 9.59 Å². The van der Waals surface area contributed by atoms with Crippen molar-refractivity contribution in [1.29, 1.82) is 0 Å². The molecule has 2 aromatic heterocycles. The number of fused-ring (bicyclic) bond motifs is 4. The summed E-state index contributed by atoms with van der Waals surface area (Å²) in [7, 11) is 3.01. The van der Waals surface area contributed by atoms with Gasteiger partial charge in [-0.3, -0.25) is 14.0 Å². The van der Waals surface area contributed by atoms with Gasteiger partial charge >= 0.3 is 0 Å². The van der Waals surface area contributed by atoms with E-state index in [-0.39, 0.29) is 10.3 Å². The summed E-state index contributed by atoms with van der Waals surface area (Å²) in [5.74, 6) is 0.886. The molecule has 4 rings (SSSR count). The summed E-state index contributed by atoms with van der Waals surface area (Å²) < 4.78 is 11.8. The molecule has 0 aliphatic heterocycles. The number of methoxy groups -OCH3 is 2. The molecule has 0 bridgehead atoms. The van der Waals surface area contributed by atoms with Crippen molar-refractivity contribution in [3.05, 3.63) is 56.3 Å². The van der Waals surface area contributed by atoms with E-state index >= 15 is 0 Å². The van der Waals surface area contributed by atoms with E-state index in [0.717, 1.165) is 11.3 Å². The van der Waals surface area contributed by atoms with Gasteiger partial charge in [-0.25, -0.2) is 4.98 Å². The molecular weight excluding hydrogens is 328 g/mol. The van der Waals surface area contributed by atoms with Gasteiger partial charge in [0.25, 0.3) is 5.56 Å². The average molecular weight is 340 g/mol. The van der Waals surface area contributed by atoms with Crippen LogP contribution >= 0.6 is 11.3 Å². The smallest absolute Gasteiger partial charge is 0.266 e. The molecule has 24 heavy (non-hydrogen) atoms. The van der Waals surface area contributed by atoms with Gasteiger partial charge in [0.15, 0.2) is 11.5 Å². The highest BCUT2D eigenvalue weighted by Gasteiger charge is 2.15. The SMILES string of the molecule is COc1cc2c(=O)sc3nc4ccccc4c(=O)n3c2cc1OC.